The van der Waals surface area contributed by atoms with Crippen LogP contribution in [0.2, 0.25) is 5.28 Å². The lowest BCUT2D eigenvalue weighted by atomic mass is 9.97. The molecule has 1 fully saturated rings. The summed E-state index contributed by atoms with van der Waals surface area (Å²) in [4.78, 5) is 30.7. The third kappa shape index (κ3) is 5.62. The van der Waals surface area contributed by atoms with Crippen LogP contribution in [-0.2, 0) is 14.0 Å². The average Bonchev–Trinajstić information content (AvgIpc) is 3.17. The Hall–Kier alpha value is -1.29. The maximum atomic E-state index is 10.9. The number of hydrogen-bond acceptors (Lipinski definition) is 7. The van der Waals surface area contributed by atoms with Crippen LogP contribution in [0, 0.1) is 5.41 Å². The van der Waals surface area contributed by atoms with Crippen molar-refractivity contribution < 1.29 is 23.8 Å². The number of halogens is 1. The van der Waals surface area contributed by atoms with Gasteiger partial charge in [-0.1, -0.05) is 20.8 Å². The lowest BCUT2D eigenvalue weighted by molar-refractivity contribution is -0.0344. The van der Waals surface area contributed by atoms with E-state index in [0.717, 1.165) is 0 Å². The van der Waals surface area contributed by atoms with Gasteiger partial charge in [-0.05, 0) is 29.9 Å². The Morgan fingerprint density at radius 2 is 2.14 bits per heavy atom. The van der Waals surface area contributed by atoms with Crippen molar-refractivity contribution in [3.8, 4) is 0 Å². The molecule has 2 atom stereocenters. The first kappa shape index (κ1) is 21.4. The van der Waals surface area contributed by atoms with Gasteiger partial charge in [0.25, 0.3) is 0 Å². The van der Waals surface area contributed by atoms with Gasteiger partial charge in [0.05, 0.1) is 19.0 Å². The molecule has 0 bridgehead atoms. The average molecular weight is 434 g/mol. The van der Waals surface area contributed by atoms with Gasteiger partial charge in [0.1, 0.15) is 12.6 Å². The zero-order valence-electron chi connectivity index (χ0n) is 16.0. The fourth-order valence-corrected chi connectivity index (χ4v) is 3.40. The summed E-state index contributed by atoms with van der Waals surface area (Å²) in [5, 5.41) is 3.39. The van der Waals surface area contributed by atoms with Crippen LogP contribution in [0.3, 0.4) is 0 Å². The van der Waals surface area contributed by atoms with E-state index in [9.17, 15) is 4.57 Å². The molecule has 28 heavy (non-hydrogen) atoms. The fourth-order valence-electron chi connectivity index (χ4n) is 2.89. The van der Waals surface area contributed by atoms with Crippen molar-refractivity contribution in [3.05, 3.63) is 11.6 Å². The summed E-state index contributed by atoms with van der Waals surface area (Å²) in [5.74, 6) is 0.572. The van der Waals surface area contributed by atoms with Gasteiger partial charge in [-0.15, -0.1) is 0 Å². The minimum atomic E-state index is -4.18. The van der Waals surface area contributed by atoms with Crippen LogP contribution in [0.4, 0.5) is 5.82 Å². The van der Waals surface area contributed by atoms with Crippen molar-refractivity contribution in [1.29, 1.82) is 0 Å². The van der Waals surface area contributed by atoms with Gasteiger partial charge < -0.3 is 24.6 Å². The number of imidazole rings is 1. The molecule has 1 unspecified atom stereocenters. The molecule has 156 valence electrons. The van der Waals surface area contributed by atoms with Crippen molar-refractivity contribution in [2.24, 2.45) is 5.41 Å². The Balaban J connectivity index is 1.72. The molecule has 12 heteroatoms. The molecule has 3 rings (SSSR count). The highest BCUT2D eigenvalue weighted by molar-refractivity contribution is 7.51. The number of fused-ring (bicyclic) bond motifs is 1. The zero-order valence-corrected chi connectivity index (χ0v) is 17.7. The van der Waals surface area contributed by atoms with E-state index in [1.54, 1.807) is 10.9 Å². The number of nitrogens with zero attached hydrogens (tertiary/aromatic N) is 4. The predicted octanol–water partition coefficient (Wildman–Crippen LogP) is 2.77. The Morgan fingerprint density at radius 3 is 2.82 bits per heavy atom. The summed E-state index contributed by atoms with van der Waals surface area (Å²) in [5.41, 5.74) is 1.23. The summed E-state index contributed by atoms with van der Waals surface area (Å²) >= 11 is 6.11. The van der Waals surface area contributed by atoms with E-state index in [1.165, 1.54) is 0 Å². The molecule has 0 amide bonds. The first-order chi connectivity index (χ1) is 13.0. The molecule has 0 radical (unpaired) electrons. The number of rotatable bonds is 7. The minimum absolute atomic E-state index is 0.0567. The van der Waals surface area contributed by atoms with Crippen LogP contribution in [-0.4, -0.2) is 54.9 Å². The number of hydrogen-bond donors (Lipinski definition) is 3. The van der Waals surface area contributed by atoms with E-state index >= 15 is 0 Å². The lowest BCUT2D eigenvalue weighted by Gasteiger charge is -2.19. The zero-order chi connectivity index (χ0) is 20.5. The van der Waals surface area contributed by atoms with Crippen molar-refractivity contribution in [1.82, 2.24) is 19.5 Å². The maximum absolute atomic E-state index is 10.9. The Bertz CT molecular complexity index is 880. The van der Waals surface area contributed by atoms with E-state index in [4.69, 9.17) is 30.9 Å². The monoisotopic (exact) mass is 433 g/mol. The second-order valence-corrected chi connectivity index (χ2v) is 9.96. The van der Waals surface area contributed by atoms with Crippen LogP contribution in [0.25, 0.3) is 11.2 Å². The normalized spacial score (nSPS) is 20.8. The van der Waals surface area contributed by atoms with E-state index in [1.807, 2.05) is 0 Å². The molecule has 0 saturated carbocycles. The Morgan fingerprint density at radius 1 is 1.39 bits per heavy atom. The molecule has 1 saturated heterocycles. The quantitative estimate of drug-likeness (QED) is 0.445. The van der Waals surface area contributed by atoms with Crippen LogP contribution < -0.4 is 5.32 Å². The second-order valence-electron chi connectivity index (χ2n) is 8.03. The van der Waals surface area contributed by atoms with Gasteiger partial charge in [-0.2, -0.15) is 9.97 Å². The topological polar surface area (TPSA) is 132 Å². The third-order valence-electron chi connectivity index (χ3n) is 4.14. The summed E-state index contributed by atoms with van der Waals surface area (Å²) < 4.78 is 23.7. The van der Waals surface area contributed by atoms with Gasteiger partial charge in [-0.25, -0.2) is 4.98 Å². The highest BCUT2D eigenvalue weighted by Crippen LogP contribution is 2.35. The number of nitrogens with one attached hydrogen (secondary N) is 1. The van der Waals surface area contributed by atoms with Crippen LogP contribution in [0.15, 0.2) is 6.33 Å². The molecule has 3 heterocycles. The fraction of sp³-hybridized carbons (Fsp3) is 0.688. The molecule has 10 nitrogen and oxygen atoms in total. The molecule has 0 aromatic carbocycles. The van der Waals surface area contributed by atoms with E-state index in [-0.39, 0.29) is 29.6 Å². The first-order valence-electron chi connectivity index (χ1n) is 8.93. The van der Waals surface area contributed by atoms with Crippen LogP contribution in [0.5, 0.6) is 0 Å². The molecular weight excluding hydrogens is 409 g/mol. The van der Waals surface area contributed by atoms with Crippen molar-refractivity contribution in [2.75, 3.05) is 24.8 Å². The van der Waals surface area contributed by atoms with Crippen molar-refractivity contribution >= 4 is 36.2 Å². The smallest absolute Gasteiger partial charge is 0.350 e. The van der Waals surface area contributed by atoms with Gasteiger partial charge in [0.15, 0.2) is 17.0 Å². The SMILES string of the molecule is CC(C)(C)CNc1nc(Cl)nc2c1ncn2C1CC[C@@H](COCP(=O)(O)O)O1. The van der Waals surface area contributed by atoms with Gasteiger partial charge >= 0.3 is 7.60 Å². The Kier molecular flexibility index (Phi) is 6.29. The summed E-state index contributed by atoms with van der Waals surface area (Å²) in [6.45, 7) is 7.14. The molecule has 3 N–H and O–H groups in total. The standard InChI is InChI=1S/C16H25ClN5O5P/c1-16(2,3)7-18-13-12-14(21-15(17)20-13)22(8-19-12)11-5-4-10(27-11)6-26-9-28(23,24)25/h8,10-11H,4-7,9H2,1-3H3,(H,18,20,21)(H2,23,24,25)/t10-,11?/m0/s1. The van der Waals surface area contributed by atoms with Gasteiger partial charge in [-0.3, -0.25) is 9.13 Å². The predicted molar refractivity (Wildman–Crippen MR) is 104 cm³/mol. The largest absolute Gasteiger partial charge is 0.368 e. The molecule has 1 aliphatic rings. The van der Waals surface area contributed by atoms with Crippen LogP contribution >= 0.6 is 19.2 Å². The van der Waals surface area contributed by atoms with E-state index in [0.29, 0.717) is 36.4 Å². The molecule has 0 aliphatic carbocycles. The van der Waals surface area contributed by atoms with Gasteiger partial charge in [0.2, 0.25) is 5.28 Å². The highest BCUT2D eigenvalue weighted by Gasteiger charge is 2.29. The van der Waals surface area contributed by atoms with E-state index < -0.39 is 13.9 Å². The number of anilines is 1. The Labute approximate surface area is 167 Å². The number of ether oxygens (including phenoxy) is 2. The first-order valence-corrected chi connectivity index (χ1v) is 11.1. The van der Waals surface area contributed by atoms with Crippen molar-refractivity contribution in [3.63, 3.8) is 0 Å². The lowest BCUT2D eigenvalue weighted by Crippen LogP contribution is -2.20. The molecule has 2 aromatic heterocycles. The van der Waals surface area contributed by atoms with Gasteiger partial charge in [0, 0.05) is 6.54 Å². The summed E-state index contributed by atoms with van der Waals surface area (Å²) in [7, 11) is -4.18. The minimum Gasteiger partial charge on any atom is -0.368 e. The summed E-state index contributed by atoms with van der Waals surface area (Å²) in [6.07, 6.45) is 1.85. The maximum Gasteiger partial charge on any atom is 0.350 e. The highest BCUT2D eigenvalue weighted by atomic mass is 35.5. The molecule has 1 aliphatic heterocycles. The number of aromatic nitrogens is 4. The third-order valence-corrected chi connectivity index (χ3v) is 4.83. The van der Waals surface area contributed by atoms with E-state index in [2.05, 4.69) is 41.0 Å². The van der Waals surface area contributed by atoms with Crippen LogP contribution in [0.1, 0.15) is 39.8 Å². The van der Waals surface area contributed by atoms with Crippen molar-refractivity contribution in [2.45, 2.75) is 45.9 Å². The molecular formula is C16H25ClN5O5P. The molecule has 2 aromatic rings. The molecule has 0 spiro atoms. The summed E-state index contributed by atoms with van der Waals surface area (Å²) in [6, 6.07) is 0. The second kappa shape index (κ2) is 8.22.